The average molecular weight is 226 g/mol. The minimum Gasteiger partial charge on any atom is -0.229 e. The minimum absolute atomic E-state index is 0.0800. The highest BCUT2D eigenvalue weighted by atomic mass is 32.2. The Balaban J connectivity index is 3.98. The first kappa shape index (κ1) is 12.6. The second-order valence-electron chi connectivity index (χ2n) is 2.89. The van der Waals surface area contributed by atoms with E-state index < -0.39 is 19.7 Å². The molecule has 0 atom stereocenters. The number of sulfone groups is 2. The molecule has 0 radical (unpaired) electrons. The second kappa shape index (κ2) is 4.76. The first-order chi connectivity index (χ1) is 5.77. The summed E-state index contributed by atoms with van der Waals surface area (Å²) in [5, 5.41) is 0. The van der Waals surface area contributed by atoms with Crippen LogP contribution >= 0.6 is 0 Å². The molecule has 0 fully saturated rings. The van der Waals surface area contributed by atoms with Crippen LogP contribution < -0.4 is 0 Å². The Morgan fingerprint density at radius 3 is 2.08 bits per heavy atom. The normalized spacial score (nSPS) is 12.7. The van der Waals surface area contributed by atoms with Crippen LogP contribution in [0.5, 0.6) is 0 Å². The Kier molecular flexibility index (Phi) is 4.63. The van der Waals surface area contributed by atoms with Crippen molar-refractivity contribution in [2.45, 2.75) is 6.42 Å². The van der Waals surface area contributed by atoms with Crippen molar-refractivity contribution in [1.29, 1.82) is 0 Å². The molecule has 0 rings (SSSR count). The summed E-state index contributed by atoms with van der Waals surface area (Å²) in [4.78, 5) is 0. The summed E-state index contributed by atoms with van der Waals surface area (Å²) < 4.78 is 43.4. The monoisotopic (exact) mass is 226 g/mol. The van der Waals surface area contributed by atoms with Crippen LogP contribution in [0.25, 0.3) is 0 Å². The lowest BCUT2D eigenvalue weighted by Gasteiger charge is -1.99. The van der Waals surface area contributed by atoms with Gasteiger partial charge in [0, 0.05) is 6.26 Å². The Hall–Kier alpha value is -0.360. The quantitative estimate of drug-likeness (QED) is 0.599. The van der Waals surface area contributed by atoms with Crippen molar-refractivity contribution in [1.82, 2.24) is 0 Å². The summed E-state index contributed by atoms with van der Waals surface area (Å²) in [5.41, 5.74) is 0. The largest absolute Gasteiger partial charge is 0.229 e. The molecule has 0 amide bonds. The zero-order chi connectivity index (χ0) is 10.5. The van der Waals surface area contributed by atoms with Crippen LogP contribution in [-0.2, 0) is 19.7 Å². The van der Waals surface area contributed by atoms with Crippen molar-refractivity contribution in [2.24, 2.45) is 0 Å². The number of rotatable bonds is 6. The highest BCUT2D eigenvalue weighted by Gasteiger charge is 2.10. The molecule has 0 aromatic rings. The molecule has 0 aliphatic heterocycles. The Labute approximate surface area is 79.5 Å². The molecule has 0 N–H and O–H groups in total. The van der Waals surface area contributed by atoms with E-state index in [-0.39, 0.29) is 23.7 Å². The molecule has 0 aliphatic rings. The smallest absolute Gasteiger partial charge is 0.153 e. The van der Waals surface area contributed by atoms with Gasteiger partial charge in [-0.3, -0.25) is 0 Å². The van der Waals surface area contributed by atoms with Gasteiger partial charge in [-0.05, 0) is 6.42 Å². The van der Waals surface area contributed by atoms with Crippen LogP contribution in [0.15, 0.2) is 12.7 Å². The third kappa shape index (κ3) is 7.98. The first-order valence-electron chi connectivity index (χ1n) is 3.76. The number of hydrogen-bond acceptors (Lipinski definition) is 4. The summed E-state index contributed by atoms with van der Waals surface area (Å²) in [6.45, 7) is 3.31. The zero-order valence-electron chi connectivity index (χ0n) is 7.56. The van der Waals surface area contributed by atoms with Gasteiger partial charge in [-0.25, -0.2) is 16.8 Å². The fourth-order valence-corrected chi connectivity index (χ4v) is 2.77. The van der Waals surface area contributed by atoms with E-state index in [1.165, 1.54) is 6.08 Å². The summed E-state index contributed by atoms with van der Waals surface area (Å²) in [5.74, 6) is -0.258. The molecule has 0 saturated heterocycles. The minimum atomic E-state index is -3.14. The van der Waals surface area contributed by atoms with Crippen molar-refractivity contribution in [2.75, 3.05) is 23.5 Å². The highest BCUT2D eigenvalue weighted by molar-refractivity contribution is 7.92. The average Bonchev–Trinajstić information content (AvgIpc) is 1.82. The van der Waals surface area contributed by atoms with Gasteiger partial charge in [0.1, 0.15) is 9.84 Å². The molecule has 6 heteroatoms. The van der Waals surface area contributed by atoms with Gasteiger partial charge in [-0.1, -0.05) is 6.08 Å². The van der Waals surface area contributed by atoms with Gasteiger partial charge in [0.25, 0.3) is 0 Å². The molecule has 78 valence electrons. The predicted octanol–water partition coefficient (Wildman–Crippen LogP) is 0.0219. The molecule has 0 spiro atoms. The van der Waals surface area contributed by atoms with Gasteiger partial charge in [-0.2, -0.15) is 0 Å². The molecule has 4 nitrogen and oxygen atoms in total. The lowest BCUT2D eigenvalue weighted by Crippen LogP contribution is -2.13. The molecule has 13 heavy (non-hydrogen) atoms. The van der Waals surface area contributed by atoms with E-state index in [0.29, 0.717) is 0 Å². The van der Waals surface area contributed by atoms with Crippen LogP contribution in [0.4, 0.5) is 0 Å². The highest BCUT2D eigenvalue weighted by Crippen LogP contribution is 1.97. The predicted molar refractivity (Wildman–Crippen MR) is 53.2 cm³/mol. The van der Waals surface area contributed by atoms with E-state index in [1.807, 2.05) is 0 Å². The topological polar surface area (TPSA) is 68.3 Å². The molecule has 0 aliphatic carbocycles. The fourth-order valence-electron chi connectivity index (χ4n) is 0.804. The summed E-state index contributed by atoms with van der Waals surface area (Å²) in [7, 11) is -6.19. The Morgan fingerprint density at radius 1 is 1.15 bits per heavy atom. The van der Waals surface area contributed by atoms with E-state index in [1.54, 1.807) is 0 Å². The second-order valence-corrected chi connectivity index (χ2v) is 7.37. The molecule has 0 aromatic heterocycles. The standard InChI is InChI=1S/C7H14O4S2/c1-3-5-13(10,11)7-4-6-12(2,8)9/h3H,1,4-7H2,2H3. The SMILES string of the molecule is C=CCS(=O)(=O)CCCS(C)(=O)=O. The van der Waals surface area contributed by atoms with E-state index in [0.717, 1.165) is 6.26 Å². The molecule has 0 saturated carbocycles. The van der Waals surface area contributed by atoms with Crippen LogP contribution in [0, 0.1) is 0 Å². The van der Waals surface area contributed by atoms with Gasteiger partial charge in [0.15, 0.2) is 9.84 Å². The maximum atomic E-state index is 11.1. The van der Waals surface area contributed by atoms with Crippen LogP contribution in [0.1, 0.15) is 6.42 Å². The van der Waals surface area contributed by atoms with E-state index in [2.05, 4.69) is 6.58 Å². The molecule has 0 heterocycles. The Morgan fingerprint density at radius 2 is 1.69 bits per heavy atom. The third-order valence-corrected chi connectivity index (χ3v) is 4.03. The molecular weight excluding hydrogens is 212 g/mol. The summed E-state index contributed by atoms with van der Waals surface area (Å²) in [6.07, 6.45) is 2.55. The third-order valence-electron chi connectivity index (χ3n) is 1.34. The van der Waals surface area contributed by atoms with Crippen LogP contribution in [0.2, 0.25) is 0 Å². The lowest BCUT2D eigenvalue weighted by atomic mass is 10.6. The Bertz CT molecular complexity index is 350. The molecular formula is C7H14O4S2. The maximum absolute atomic E-state index is 11.1. The van der Waals surface area contributed by atoms with E-state index in [4.69, 9.17) is 0 Å². The van der Waals surface area contributed by atoms with Gasteiger partial charge in [0.05, 0.1) is 17.3 Å². The van der Waals surface area contributed by atoms with Gasteiger partial charge in [0.2, 0.25) is 0 Å². The van der Waals surface area contributed by atoms with E-state index >= 15 is 0 Å². The van der Waals surface area contributed by atoms with E-state index in [9.17, 15) is 16.8 Å². The van der Waals surface area contributed by atoms with Crippen molar-refractivity contribution in [3.05, 3.63) is 12.7 Å². The van der Waals surface area contributed by atoms with Crippen molar-refractivity contribution < 1.29 is 16.8 Å². The zero-order valence-corrected chi connectivity index (χ0v) is 9.20. The fraction of sp³-hybridized carbons (Fsp3) is 0.714. The van der Waals surface area contributed by atoms with Crippen molar-refractivity contribution in [3.63, 3.8) is 0 Å². The van der Waals surface area contributed by atoms with Gasteiger partial charge in [-0.15, -0.1) is 6.58 Å². The molecule has 0 unspecified atom stereocenters. The molecule has 0 aromatic carbocycles. The van der Waals surface area contributed by atoms with Crippen molar-refractivity contribution >= 4 is 19.7 Å². The van der Waals surface area contributed by atoms with Crippen LogP contribution in [0.3, 0.4) is 0 Å². The maximum Gasteiger partial charge on any atom is 0.153 e. The summed E-state index contributed by atoms with van der Waals surface area (Å²) >= 11 is 0. The summed E-state index contributed by atoms with van der Waals surface area (Å²) in [6, 6.07) is 0. The van der Waals surface area contributed by atoms with Crippen LogP contribution in [-0.4, -0.2) is 40.3 Å². The first-order valence-corrected chi connectivity index (χ1v) is 7.64. The van der Waals surface area contributed by atoms with Gasteiger partial charge < -0.3 is 0 Å². The van der Waals surface area contributed by atoms with Crippen molar-refractivity contribution in [3.8, 4) is 0 Å². The molecule has 0 bridgehead atoms. The van der Waals surface area contributed by atoms with Gasteiger partial charge >= 0.3 is 0 Å². The number of hydrogen-bond donors (Lipinski definition) is 0. The lowest BCUT2D eigenvalue weighted by molar-refractivity contribution is 0.594.